The molecule has 3 aromatic rings. The fourth-order valence-electron chi connectivity index (χ4n) is 5.51. The molecule has 5 nitrogen and oxygen atoms in total. The third-order valence-electron chi connectivity index (χ3n) is 7.47. The Morgan fingerprint density at radius 1 is 1.03 bits per heavy atom. The van der Waals surface area contributed by atoms with Crippen LogP contribution in [0, 0.1) is 12.8 Å². The highest BCUT2D eigenvalue weighted by Gasteiger charge is 2.24. The molecule has 1 aliphatic carbocycles. The molecule has 5 rings (SSSR count). The molecule has 0 bridgehead atoms. The van der Waals surface area contributed by atoms with Gasteiger partial charge in [-0.15, -0.1) is 0 Å². The first-order valence-corrected chi connectivity index (χ1v) is 12.9. The zero-order valence-electron chi connectivity index (χ0n) is 20.3. The minimum Gasteiger partial charge on any atom is -0.310 e. The number of aryl methyl sites for hydroxylation is 2. The first kappa shape index (κ1) is 22.9. The van der Waals surface area contributed by atoms with Gasteiger partial charge in [0.25, 0.3) is 0 Å². The van der Waals surface area contributed by atoms with Crippen molar-refractivity contribution in [2.45, 2.75) is 58.4 Å². The standard InChI is InChI=1S/C29H36N4O/c1-22-10-9-15-26-27(22)33(29(30-26)31-28(34)25-13-5-6-14-25)19-8-7-18-32-20-16-24(17-21-32)23-11-3-2-4-12-23/h2-4,9-12,15-16,25H,5-8,13-14,17-21H2,1H3,(H,30,31,34). The number of imidazole rings is 1. The smallest absolute Gasteiger partial charge is 0.229 e. The molecule has 1 amide bonds. The van der Waals surface area contributed by atoms with Gasteiger partial charge in [-0.3, -0.25) is 15.0 Å². The average Bonchev–Trinajstić information content (AvgIpc) is 3.52. The van der Waals surface area contributed by atoms with Gasteiger partial charge >= 0.3 is 0 Å². The Morgan fingerprint density at radius 2 is 1.82 bits per heavy atom. The van der Waals surface area contributed by atoms with Crippen LogP contribution in [-0.2, 0) is 11.3 Å². The molecule has 0 spiro atoms. The lowest BCUT2D eigenvalue weighted by molar-refractivity contribution is -0.119. The van der Waals surface area contributed by atoms with E-state index in [1.165, 1.54) is 16.7 Å². The van der Waals surface area contributed by atoms with Crippen LogP contribution in [0.2, 0.25) is 0 Å². The van der Waals surface area contributed by atoms with E-state index in [1.807, 2.05) is 6.07 Å². The van der Waals surface area contributed by atoms with E-state index in [2.05, 4.69) is 70.2 Å². The molecule has 2 aromatic carbocycles. The lowest BCUT2D eigenvalue weighted by atomic mass is 9.99. The molecule has 1 aliphatic heterocycles. The third-order valence-corrected chi connectivity index (χ3v) is 7.47. The zero-order chi connectivity index (χ0) is 23.3. The van der Waals surface area contributed by atoms with Crippen LogP contribution in [-0.4, -0.2) is 40.0 Å². The number of rotatable bonds is 8. The SMILES string of the molecule is Cc1cccc2nc(NC(=O)C3CCCC3)n(CCCCN3CC=C(c4ccccc4)CC3)c12. The summed E-state index contributed by atoms with van der Waals surface area (Å²) in [6.07, 6.45) is 10.0. The summed E-state index contributed by atoms with van der Waals surface area (Å²) in [6, 6.07) is 17.0. The van der Waals surface area contributed by atoms with Crippen molar-refractivity contribution < 1.29 is 4.79 Å². The number of hydrogen-bond acceptors (Lipinski definition) is 3. The molecule has 34 heavy (non-hydrogen) atoms. The number of hydrogen-bond donors (Lipinski definition) is 1. The summed E-state index contributed by atoms with van der Waals surface area (Å²) in [5.41, 5.74) is 6.16. The molecule has 1 saturated carbocycles. The summed E-state index contributed by atoms with van der Waals surface area (Å²) in [5.74, 6) is 0.998. The van der Waals surface area contributed by atoms with E-state index in [1.54, 1.807) is 0 Å². The van der Waals surface area contributed by atoms with E-state index < -0.39 is 0 Å². The number of aromatic nitrogens is 2. The fourth-order valence-corrected chi connectivity index (χ4v) is 5.51. The molecule has 0 saturated heterocycles. The largest absolute Gasteiger partial charge is 0.310 e. The normalized spacial score (nSPS) is 17.3. The highest BCUT2D eigenvalue weighted by molar-refractivity contribution is 5.93. The predicted octanol–water partition coefficient (Wildman–Crippen LogP) is 6.04. The second-order valence-corrected chi connectivity index (χ2v) is 9.85. The molecule has 5 heteroatoms. The number of unbranched alkanes of at least 4 members (excludes halogenated alkanes) is 1. The van der Waals surface area contributed by atoms with Crippen LogP contribution >= 0.6 is 0 Å². The average molecular weight is 457 g/mol. The lowest BCUT2D eigenvalue weighted by Crippen LogP contribution is -2.29. The quantitative estimate of drug-likeness (QED) is 0.420. The Morgan fingerprint density at radius 3 is 2.59 bits per heavy atom. The Labute approximate surface area is 202 Å². The van der Waals surface area contributed by atoms with Crippen LogP contribution in [0.15, 0.2) is 54.6 Å². The van der Waals surface area contributed by atoms with E-state index in [4.69, 9.17) is 4.98 Å². The van der Waals surface area contributed by atoms with Crippen molar-refractivity contribution in [1.82, 2.24) is 14.5 Å². The highest BCUT2D eigenvalue weighted by Crippen LogP contribution is 2.28. The number of carbonyl (C=O) groups excluding carboxylic acids is 1. The maximum absolute atomic E-state index is 12.8. The first-order valence-electron chi connectivity index (χ1n) is 12.9. The second kappa shape index (κ2) is 10.6. The van der Waals surface area contributed by atoms with Gasteiger partial charge in [0.2, 0.25) is 11.9 Å². The number of carbonyl (C=O) groups is 1. The summed E-state index contributed by atoms with van der Waals surface area (Å²) < 4.78 is 2.24. The van der Waals surface area contributed by atoms with Crippen molar-refractivity contribution >= 4 is 28.5 Å². The van der Waals surface area contributed by atoms with E-state index in [9.17, 15) is 4.79 Å². The number of nitrogens with one attached hydrogen (secondary N) is 1. The van der Waals surface area contributed by atoms with Crippen LogP contribution in [0.1, 0.15) is 56.1 Å². The maximum Gasteiger partial charge on any atom is 0.229 e. The van der Waals surface area contributed by atoms with Crippen LogP contribution in [0.5, 0.6) is 0 Å². The minimum absolute atomic E-state index is 0.140. The van der Waals surface area contributed by atoms with Crippen molar-refractivity contribution in [2.24, 2.45) is 5.92 Å². The summed E-state index contributed by atoms with van der Waals surface area (Å²) in [4.78, 5) is 20.2. The van der Waals surface area contributed by atoms with Crippen LogP contribution in [0.3, 0.4) is 0 Å². The number of fused-ring (bicyclic) bond motifs is 1. The molecular formula is C29H36N4O. The molecule has 1 N–H and O–H groups in total. The molecule has 0 atom stereocenters. The van der Waals surface area contributed by atoms with Crippen molar-refractivity contribution in [3.63, 3.8) is 0 Å². The monoisotopic (exact) mass is 456 g/mol. The predicted molar refractivity (Wildman–Crippen MR) is 140 cm³/mol. The van der Waals surface area contributed by atoms with Gasteiger partial charge in [-0.25, -0.2) is 4.98 Å². The second-order valence-electron chi connectivity index (χ2n) is 9.85. The first-order chi connectivity index (χ1) is 16.7. The van der Waals surface area contributed by atoms with Crippen LogP contribution in [0.25, 0.3) is 16.6 Å². The summed E-state index contributed by atoms with van der Waals surface area (Å²) in [5, 5.41) is 3.17. The van der Waals surface area contributed by atoms with Gasteiger partial charge in [0.05, 0.1) is 11.0 Å². The van der Waals surface area contributed by atoms with Crippen LogP contribution < -0.4 is 5.32 Å². The van der Waals surface area contributed by atoms with Crippen LogP contribution in [0.4, 0.5) is 5.95 Å². The van der Waals surface area contributed by atoms with E-state index >= 15 is 0 Å². The third kappa shape index (κ3) is 5.10. The summed E-state index contributed by atoms with van der Waals surface area (Å²) in [7, 11) is 0. The van der Waals surface area contributed by atoms with E-state index in [0.717, 1.165) is 88.1 Å². The van der Waals surface area contributed by atoms with E-state index in [0.29, 0.717) is 0 Å². The van der Waals surface area contributed by atoms with Crippen molar-refractivity contribution in [1.29, 1.82) is 0 Å². The van der Waals surface area contributed by atoms with E-state index in [-0.39, 0.29) is 11.8 Å². The van der Waals surface area contributed by atoms with Gasteiger partial charge < -0.3 is 4.57 Å². The molecule has 0 unspecified atom stereocenters. The Kier molecular flexibility index (Phi) is 7.10. The molecule has 2 heterocycles. The molecule has 2 aliphatic rings. The van der Waals surface area contributed by atoms with Crippen molar-refractivity contribution in [3.05, 3.63) is 65.7 Å². The van der Waals surface area contributed by atoms with Crippen molar-refractivity contribution in [3.8, 4) is 0 Å². The molecular weight excluding hydrogens is 420 g/mol. The number of amides is 1. The van der Waals surface area contributed by atoms with Crippen molar-refractivity contribution in [2.75, 3.05) is 25.0 Å². The number of anilines is 1. The zero-order valence-corrected chi connectivity index (χ0v) is 20.3. The van der Waals surface area contributed by atoms with Gasteiger partial charge in [-0.05, 0) is 68.3 Å². The molecule has 1 aromatic heterocycles. The summed E-state index contributed by atoms with van der Waals surface area (Å²) in [6.45, 7) is 6.26. The fraction of sp³-hybridized carbons (Fsp3) is 0.448. The minimum atomic E-state index is 0.140. The topological polar surface area (TPSA) is 50.2 Å². The number of nitrogens with zero attached hydrogens (tertiary/aromatic N) is 3. The Bertz CT molecular complexity index is 1160. The maximum atomic E-state index is 12.8. The van der Waals surface area contributed by atoms with Gasteiger partial charge in [0.15, 0.2) is 0 Å². The van der Waals surface area contributed by atoms with Gasteiger partial charge in [0, 0.05) is 25.6 Å². The van der Waals surface area contributed by atoms with Gasteiger partial charge in [-0.2, -0.15) is 0 Å². The summed E-state index contributed by atoms with van der Waals surface area (Å²) >= 11 is 0. The Hall–Kier alpha value is -2.92. The number of para-hydroxylation sites is 1. The van der Waals surface area contributed by atoms with Gasteiger partial charge in [0.1, 0.15) is 0 Å². The molecule has 0 radical (unpaired) electrons. The number of benzene rings is 2. The molecule has 1 fully saturated rings. The Balaban J connectivity index is 1.20. The van der Waals surface area contributed by atoms with Gasteiger partial charge in [-0.1, -0.05) is 61.4 Å². The molecule has 178 valence electrons. The highest BCUT2D eigenvalue weighted by atomic mass is 16.2. The lowest BCUT2D eigenvalue weighted by Gasteiger charge is -2.26.